The zero-order valence-corrected chi connectivity index (χ0v) is 18.1. The van der Waals surface area contributed by atoms with Crippen molar-refractivity contribution in [1.29, 1.82) is 5.26 Å². The Labute approximate surface area is 190 Å². The Kier molecular flexibility index (Phi) is 5.40. The number of nitriles is 1. The second kappa shape index (κ2) is 8.67. The Morgan fingerprint density at radius 3 is 2.94 bits per heavy atom. The van der Waals surface area contributed by atoms with Crippen molar-refractivity contribution in [2.75, 3.05) is 17.2 Å². The van der Waals surface area contributed by atoms with Crippen LogP contribution in [-0.2, 0) is 17.8 Å². The molecule has 0 bridgehead atoms. The third-order valence-corrected chi connectivity index (χ3v) is 5.58. The van der Waals surface area contributed by atoms with Crippen molar-refractivity contribution in [1.82, 2.24) is 24.7 Å². The zero-order valence-electron chi connectivity index (χ0n) is 18.1. The molecule has 5 rings (SSSR count). The summed E-state index contributed by atoms with van der Waals surface area (Å²) >= 11 is 0. The van der Waals surface area contributed by atoms with Gasteiger partial charge < -0.3 is 10.6 Å². The van der Waals surface area contributed by atoms with Gasteiger partial charge in [0.2, 0.25) is 11.9 Å². The van der Waals surface area contributed by atoms with Gasteiger partial charge in [0.15, 0.2) is 5.65 Å². The second-order valence-corrected chi connectivity index (χ2v) is 7.90. The molecule has 0 fully saturated rings. The molecule has 9 heteroatoms. The van der Waals surface area contributed by atoms with Crippen molar-refractivity contribution in [2.45, 2.75) is 32.2 Å². The number of aromatic nitrogens is 5. The van der Waals surface area contributed by atoms with Gasteiger partial charge in [-0.05, 0) is 42.3 Å². The molecule has 33 heavy (non-hydrogen) atoms. The first kappa shape index (κ1) is 20.6. The number of hydrogen-bond acceptors (Lipinski definition) is 7. The molecule has 4 heterocycles. The van der Waals surface area contributed by atoms with E-state index in [1.165, 1.54) is 0 Å². The number of carbonyl (C=O) groups excluding carboxylic acids is 1. The van der Waals surface area contributed by atoms with Crippen LogP contribution in [0.15, 0.2) is 48.8 Å². The molecule has 3 aromatic heterocycles. The van der Waals surface area contributed by atoms with Gasteiger partial charge >= 0.3 is 0 Å². The largest absolute Gasteiger partial charge is 0.354 e. The first-order valence-corrected chi connectivity index (χ1v) is 10.9. The molecule has 2 N–H and O–H groups in total. The van der Waals surface area contributed by atoms with E-state index in [4.69, 9.17) is 4.98 Å². The van der Waals surface area contributed by atoms with Crippen LogP contribution in [0.1, 0.15) is 41.8 Å². The summed E-state index contributed by atoms with van der Waals surface area (Å²) in [6, 6.07) is 13.2. The molecule has 1 unspecified atom stereocenters. The van der Waals surface area contributed by atoms with E-state index in [0.717, 1.165) is 29.6 Å². The van der Waals surface area contributed by atoms with Crippen LogP contribution in [0.5, 0.6) is 0 Å². The number of benzene rings is 1. The summed E-state index contributed by atoms with van der Waals surface area (Å²) in [5.74, 6) is -0.412. The van der Waals surface area contributed by atoms with Crippen LogP contribution in [0, 0.1) is 11.3 Å². The lowest BCUT2D eigenvalue weighted by Crippen LogP contribution is -2.17. The number of aryl methyl sites for hydroxylation is 1. The van der Waals surface area contributed by atoms with Gasteiger partial charge in [0, 0.05) is 43.3 Å². The minimum Gasteiger partial charge on any atom is -0.354 e. The van der Waals surface area contributed by atoms with E-state index in [0.29, 0.717) is 41.5 Å². The van der Waals surface area contributed by atoms with Gasteiger partial charge in [-0.2, -0.15) is 15.3 Å². The second-order valence-electron chi connectivity index (χ2n) is 7.90. The molecular formula is C24H22N8O. The summed E-state index contributed by atoms with van der Waals surface area (Å²) in [6.07, 6.45) is 5.29. The fraction of sp³-hybridized carbons (Fsp3) is 0.250. The van der Waals surface area contributed by atoms with Crippen LogP contribution in [0.3, 0.4) is 0 Å². The predicted octanol–water partition coefficient (Wildman–Crippen LogP) is 3.24. The van der Waals surface area contributed by atoms with Crippen LogP contribution in [0.25, 0.3) is 11.0 Å². The highest BCUT2D eigenvalue weighted by molar-refractivity contribution is 6.06. The number of nitrogens with one attached hydrogen (secondary N) is 2. The fourth-order valence-corrected chi connectivity index (χ4v) is 4.07. The smallest absolute Gasteiger partial charge is 0.238 e. The number of carbonyl (C=O) groups is 1. The third-order valence-electron chi connectivity index (χ3n) is 5.58. The number of pyridine rings is 1. The van der Waals surface area contributed by atoms with E-state index in [-0.39, 0.29) is 5.91 Å². The van der Waals surface area contributed by atoms with E-state index >= 15 is 0 Å². The number of anilines is 2. The first-order valence-electron chi connectivity index (χ1n) is 10.9. The van der Waals surface area contributed by atoms with Gasteiger partial charge in [-0.1, -0.05) is 13.0 Å². The summed E-state index contributed by atoms with van der Waals surface area (Å²) in [4.78, 5) is 26.7. The summed E-state index contributed by atoms with van der Waals surface area (Å²) in [5.41, 5.74) is 4.01. The molecule has 4 aromatic rings. The topological polar surface area (TPSA) is 121 Å². The van der Waals surface area contributed by atoms with Crippen molar-refractivity contribution in [2.24, 2.45) is 0 Å². The lowest BCUT2D eigenvalue weighted by atomic mass is 9.94. The average Bonchev–Trinajstić information content (AvgIpc) is 3.38. The summed E-state index contributed by atoms with van der Waals surface area (Å²) in [5, 5.41) is 20.9. The molecule has 0 saturated carbocycles. The molecule has 164 valence electrons. The highest BCUT2D eigenvalue weighted by Gasteiger charge is 2.35. The summed E-state index contributed by atoms with van der Waals surface area (Å²) in [7, 11) is 0. The lowest BCUT2D eigenvalue weighted by Gasteiger charge is -2.12. The molecule has 1 amide bonds. The minimum absolute atomic E-state index is 0.178. The van der Waals surface area contributed by atoms with Gasteiger partial charge in [-0.3, -0.25) is 14.5 Å². The normalized spacial score (nSPS) is 14.7. The van der Waals surface area contributed by atoms with Crippen molar-refractivity contribution in [3.63, 3.8) is 0 Å². The van der Waals surface area contributed by atoms with Crippen molar-refractivity contribution in [3.8, 4) is 6.07 Å². The van der Waals surface area contributed by atoms with Crippen LogP contribution in [0.4, 0.5) is 11.6 Å². The molecule has 0 aliphatic carbocycles. The maximum absolute atomic E-state index is 13.0. The van der Waals surface area contributed by atoms with Gasteiger partial charge in [0.05, 0.1) is 22.7 Å². The van der Waals surface area contributed by atoms with E-state index in [2.05, 4.69) is 38.7 Å². The van der Waals surface area contributed by atoms with Gasteiger partial charge in [-0.15, -0.1) is 0 Å². The van der Waals surface area contributed by atoms with Crippen LogP contribution in [0.2, 0.25) is 0 Å². The highest BCUT2D eigenvalue weighted by Crippen LogP contribution is 2.39. The average molecular weight is 438 g/mol. The number of rotatable bonds is 7. The van der Waals surface area contributed by atoms with Gasteiger partial charge in [0.25, 0.3) is 0 Å². The Morgan fingerprint density at radius 1 is 1.24 bits per heavy atom. The molecule has 1 aliphatic heterocycles. The Hall–Kier alpha value is -4.32. The van der Waals surface area contributed by atoms with Crippen LogP contribution in [-0.4, -0.2) is 37.2 Å². The van der Waals surface area contributed by atoms with Crippen LogP contribution < -0.4 is 10.6 Å². The van der Waals surface area contributed by atoms with Crippen molar-refractivity contribution in [3.05, 3.63) is 71.3 Å². The molecule has 9 nitrogen and oxygen atoms in total. The van der Waals surface area contributed by atoms with E-state index < -0.39 is 5.92 Å². The number of fused-ring (bicyclic) bond motifs is 2. The van der Waals surface area contributed by atoms with Crippen LogP contribution >= 0.6 is 0 Å². The maximum Gasteiger partial charge on any atom is 0.238 e. The molecule has 0 radical (unpaired) electrons. The monoisotopic (exact) mass is 438 g/mol. The van der Waals surface area contributed by atoms with E-state index in [1.54, 1.807) is 24.4 Å². The summed E-state index contributed by atoms with van der Waals surface area (Å²) in [6.45, 7) is 3.40. The molecule has 0 spiro atoms. The first-order chi connectivity index (χ1) is 16.2. The highest BCUT2D eigenvalue weighted by atomic mass is 16.2. The van der Waals surface area contributed by atoms with Crippen molar-refractivity contribution < 1.29 is 4.79 Å². The molecule has 0 saturated heterocycles. The molecule has 1 aromatic carbocycles. The molecular weight excluding hydrogens is 416 g/mol. The van der Waals surface area contributed by atoms with E-state index in [9.17, 15) is 10.1 Å². The number of amides is 1. The Bertz CT molecular complexity index is 1370. The van der Waals surface area contributed by atoms with Gasteiger partial charge in [0.1, 0.15) is 5.92 Å². The fourth-order valence-electron chi connectivity index (χ4n) is 4.07. The quantitative estimate of drug-likeness (QED) is 0.454. The SMILES string of the molecule is CCCn1cc2c(C3C(=O)Nc4ccc(C#N)cc43)nc(NCCc3ccccn3)nc2n1. The number of hydrogen-bond donors (Lipinski definition) is 2. The Balaban J connectivity index is 1.54. The molecule has 1 aliphatic rings. The summed E-state index contributed by atoms with van der Waals surface area (Å²) < 4.78 is 1.83. The molecule has 1 atom stereocenters. The zero-order chi connectivity index (χ0) is 22.8. The maximum atomic E-state index is 13.0. The van der Waals surface area contributed by atoms with Crippen molar-refractivity contribution >= 4 is 28.6 Å². The van der Waals surface area contributed by atoms with E-state index in [1.807, 2.05) is 29.1 Å². The lowest BCUT2D eigenvalue weighted by molar-refractivity contribution is -0.116. The van der Waals surface area contributed by atoms with Gasteiger partial charge in [-0.25, -0.2) is 4.98 Å². The minimum atomic E-state index is -0.644. The third kappa shape index (κ3) is 3.99. The Morgan fingerprint density at radius 2 is 2.15 bits per heavy atom. The number of nitrogens with zero attached hydrogens (tertiary/aromatic N) is 6. The standard InChI is InChI=1S/C24H22N8O/c1-2-11-32-14-18-21(20-17-12-15(13-25)6-7-19(17)28-23(20)33)29-24(30-22(18)31-32)27-10-8-16-5-3-4-9-26-16/h3-7,9,12,14,20H,2,8,10-11H2,1H3,(H,28,33)(H,27,30,31). The predicted molar refractivity (Wildman–Crippen MR) is 124 cm³/mol.